The van der Waals surface area contributed by atoms with Crippen LogP contribution in [0.2, 0.25) is 0 Å². The Morgan fingerprint density at radius 3 is 2.47 bits per heavy atom. The zero-order chi connectivity index (χ0) is 33.4. The van der Waals surface area contributed by atoms with E-state index in [9.17, 15) is 10.4 Å². The highest BCUT2D eigenvalue weighted by atomic mass is 16.5. The second-order valence-electron chi connectivity index (χ2n) is 13.9. The number of hydrogen-bond donors (Lipinski definition) is 2. The number of benzene rings is 1. The summed E-state index contributed by atoms with van der Waals surface area (Å²) < 4.78 is 21.6. The van der Waals surface area contributed by atoms with E-state index in [4.69, 9.17) is 19.3 Å². The van der Waals surface area contributed by atoms with Crippen molar-refractivity contribution >= 4 is 11.6 Å². The first-order valence-corrected chi connectivity index (χ1v) is 17.2. The quantitative estimate of drug-likeness (QED) is 0.224. The summed E-state index contributed by atoms with van der Waals surface area (Å²) in [5, 5.41) is 39.5. The molecular weight excluding hydrogens is 626 g/mol. The molecule has 0 unspecified atom stereocenters. The van der Waals surface area contributed by atoms with Gasteiger partial charge in [0, 0.05) is 36.1 Å². The third-order valence-electron chi connectivity index (χ3n) is 10.3. The number of nitrogens with zero attached hydrogens (tertiary/aromatic N) is 10. The van der Waals surface area contributed by atoms with Gasteiger partial charge in [0.1, 0.15) is 36.5 Å². The maximum atomic E-state index is 10.5. The van der Waals surface area contributed by atoms with Gasteiger partial charge in [0.15, 0.2) is 0 Å². The molecule has 3 atom stereocenters. The molecule has 256 valence electrons. The van der Waals surface area contributed by atoms with Crippen molar-refractivity contribution in [2.24, 2.45) is 0 Å². The lowest BCUT2D eigenvalue weighted by atomic mass is 9.89. The number of tetrazole rings is 1. The molecule has 2 saturated carbocycles. The third-order valence-corrected chi connectivity index (χ3v) is 10.3. The molecule has 3 aromatic heterocycles. The fourth-order valence-corrected chi connectivity index (χ4v) is 7.46. The minimum absolute atomic E-state index is 0.197. The van der Waals surface area contributed by atoms with Crippen molar-refractivity contribution in [2.45, 2.75) is 101 Å². The molecule has 1 aromatic carbocycles. The van der Waals surface area contributed by atoms with Gasteiger partial charge in [-0.3, -0.25) is 9.58 Å². The second-order valence-corrected chi connectivity index (χ2v) is 13.9. The number of hydrogen-bond acceptors (Lipinski definition) is 13. The van der Waals surface area contributed by atoms with E-state index in [1.54, 1.807) is 23.1 Å². The van der Waals surface area contributed by atoms with Crippen molar-refractivity contribution in [3.63, 3.8) is 0 Å². The largest absolute Gasteiger partial charge is 0.487 e. The van der Waals surface area contributed by atoms with Crippen molar-refractivity contribution in [3.05, 3.63) is 48.7 Å². The number of ether oxygens (including phenoxy) is 3. The molecular formula is C34H41N11O4. The average molecular weight is 668 g/mol. The van der Waals surface area contributed by atoms with Crippen molar-refractivity contribution < 1.29 is 19.3 Å². The molecule has 2 saturated heterocycles. The highest BCUT2D eigenvalue weighted by molar-refractivity contribution is 5.67. The third kappa shape index (κ3) is 6.94. The van der Waals surface area contributed by atoms with Crippen LogP contribution in [0.1, 0.15) is 69.9 Å². The van der Waals surface area contributed by atoms with Gasteiger partial charge >= 0.3 is 0 Å². The molecule has 4 aliphatic rings. The van der Waals surface area contributed by atoms with Crippen molar-refractivity contribution in [3.8, 4) is 28.8 Å². The number of fused-ring (bicyclic) bond motifs is 2. The highest BCUT2D eigenvalue weighted by Gasteiger charge is 2.43. The molecule has 0 radical (unpaired) electrons. The van der Waals surface area contributed by atoms with Crippen LogP contribution in [-0.4, -0.2) is 99.6 Å². The molecule has 2 aliphatic heterocycles. The van der Waals surface area contributed by atoms with Crippen molar-refractivity contribution in [1.82, 2.24) is 44.9 Å². The number of anilines is 2. The fourth-order valence-electron chi connectivity index (χ4n) is 7.46. The molecule has 5 heterocycles. The molecule has 15 nitrogen and oxygen atoms in total. The lowest BCUT2D eigenvalue weighted by molar-refractivity contribution is -0.0458. The van der Waals surface area contributed by atoms with Gasteiger partial charge in [-0.2, -0.15) is 5.26 Å². The van der Waals surface area contributed by atoms with Crippen LogP contribution in [0, 0.1) is 11.3 Å². The molecule has 2 bridgehead atoms. The van der Waals surface area contributed by atoms with Crippen LogP contribution in [0.5, 0.6) is 11.6 Å². The summed E-state index contributed by atoms with van der Waals surface area (Å²) in [5.41, 5.74) is 1.89. The number of nitriles is 1. The smallest absolute Gasteiger partial charge is 0.257 e. The Morgan fingerprint density at radius 2 is 1.78 bits per heavy atom. The van der Waals surface area contributed by atoms with Gasteiger partial charge in [-0.1, -0.05) is 6.07 Å². The average Bonchev–Trinajstić information content (AvgIpc) is 3.38. The number of morpholine rings is 1. The molecule has 49 heavy (non-hydrogen) atoms. The SMILES string of the molecule is C[C@@H](Cn1cnnn1)Oc1cc(-c2cnc(Nc3cn([C@H]4CC[C@H](N5[C@@H]6CC[C@H]5COC6)CC4)nc3OCC3(O)CC3)nc2)ccc1C#N. The molecule has 8 rings (SSSR count). The molecule has 15 heteroatoms. The Bertz CT molecular complexity index is 1760. The molecule has 2 N–H and O–H groups in total. The van der Waals surface area contributed by atoms with Crippen LogP contribution in [0.15, 0.2) is 43.1 Å². The first kappa shape index (κ1) is 31.6. The highest BCUT2D eigenvalue weighted by Crippen LogP contribution is 2.40. The number of aromatic nitrogens is 8. The van der Waals surface area contributed by atoms with E-state index in [2.05, 4.69) is 41.8 Å². The number of rotatable bonds is 12. The van der Waals surface area contributed by atoms with Crippen LogP contribution in [0.3, 0.4) is 0 Å². The summed E-state index contributed by atoms with van der Waals surface area (Å²) in [5.74, 6) is 1.29. The van der Waals surface area contributed by atoms with Gasteiger partial charge < -0.3 is 24.6 Å². The van der Waals surface area contributed by atoms with E-state index in [0.717, 1.165) is 62.9 Å². The zero-order valence-electron chi connectivity index (χ0n) is 27.6. The maximum absolute atomic E-state index is 10.5. The van der Waals surface area contributed by atoms with Gasteiger partial charge in [-0.05, 0) is 86.4 Å². The summed E-state index contributed by atoms with van der Waals surface area (Å²) in [6.07, 6.45) is 15.0. The minimum Gasteiger partial charge on any atom is -0.487 e. The number of nitrogens with one attached hydrogen (secondary N) is 1. The van der Waals surface area contributed by atoms with Gasteiger partial charge in [-0.25, -0.2) is 14.6 Å². The predicted octanol–water partition coefficient (Wildman–Crippen LogP) is 3.66. The maximum Gasteiger partial charge on any atom is 0.257 e. The monoisotopic (exact) mass is 667 g/mol. The van der Waals surface area contributed by atoms with Crippen molar-refractivity contribution in [2.75, 3.05) is 25.1 Å². The Balaban J connectivity index is 0.953. The topological polar surface area (TPSA) is 174 Å². The normalized spacial score (nSPS) is 25.0. The van der Waals surface area contributed by atoms with E-state index >= 15 is 0 Å². The van der Waals surface area contributed by atoms with Crippen LogP contribution in [-0.2, 0) is 11.3 Å². The summed E-state index contributed by atoms with van der Waals surface area (Å²) in [6.45, 7) is 4.26. The van der Waals surface area contributed by atoms with Crippen LogP contribution < -0.4 is 14.8 Å². The Labute approximate surface area is 284 Å². The van der Waals surface area contributed by atoms with E-state index in [-0.39, 0.29) is 18.8 Å². The zero-order valence-corrected chi connectivity index (χ0v) is 27.6. The summed E-state index contributed by atoms with van der Waals surface area (Å²) in [7, 11) is 0. The first-order valence-electron chi connectivity index (χ1n) is 17.2. The molecule has 4 aromatic rings. The van der Waals surface area contributed by atoms with Crippen LogP contribution in [0.4, 0.5) is 11.6 Å². The van der Waals surface area contributed by atoms with Crippen LogP contribution in [0.25, 0.3) is 11.1 Å². The van der Waals surface area contributed by atoms with E-state index in [1.165, 1.54) is 19.2 Å². The Hall–Kier alpha value is -4.65. The molecule has 4 fully saturated rings. The van der Waals surface area contributed by atoms with Gasteiger partial charge in [0.05, 0.1) is 43.2 Å². The standard InChI is InChI=1S/C34H41N11O4/c1-22(16-43-21-38-41-42-43)49-31-12-23(2-3-24(31)13-35)25-14-36-33(37-15-25)39-30-17-44(40-32(30)48-20-34(46)10-11-34)26-4-6-27(7-5-26)45-28-8-9-29(45)19-47-18-28/h2-3,12,14-15,17,21-22,26-29,46H,4-11,16,18-20H2,1H3,(H,36,37,39)/t22-,26-,27-,28-,29+/m0/s1. The lowest BCUT2D eigenvalue weighted by Gasteiger charge is -2.43. The van der Waals surface area contributed by atoms with Gasteiger partial charge in [-0.15, -0.1) is 10.2 Å². The predicted molar refractivity (Wildman–Crippen MR) is 176 cm³/mol. The summed E-state index contributed by atoms with van der Waals surface area (Å²) in [6, 6.07) is 9.61. The minimum atomic E-state index is -0.774. The molecule has 0 amide bonds. The lowest BCUT2D eigenvalue weighted by Crippen LogP contribution is -2.52. The molecule has 0 spiro atoms. The fraction of sp³-hybridized carbons (Fsp3) is 0.559. The first-order chi connectivity index (χ1) is 23.9. The van der Waals surface area contributed by atoms with Gasteiger partial charge in [0.25, 0.3) is 5.88 Å². The van der Waals surface area contributed by atoms with Gasteiger partial charge in [0.2, 0.25) is 5.95 Å². The Kier molecular flexibility index (Phi) is 8.60. The van der Waals surface area contributed by atoms with E-state index in [1.807, 2.05) is 29.9 Å². The summed E-state index contributed by atoms with van der Waals surface area (Å²) >= 11 is 0. The Morgan fingerprint density at radius 1 is 1.04 bits per heavy atom. The molecule has 2 aliphatic carbocycles. The van der Waals surface area contributed by atoms with Crippen LogP contribution >= 0.6 is 0 Å². The number of aliphatic hydroxyl groups is 1. The van der Waals surface area contributed by atoms with E-state index < -0.39 is 5.60 Å². The van der Waals surface area contributed by atoms with E-state index in [0.29, 0.717) is 53.5 Å². The summed E-state index contributed by atoms with van der Waals surface area (Å²) in [4.78, 5) is 11.9. The second kappa shape index (κ2) is 13.3. The van der Waals surface area contributed by atoms with Crippen molar-refractivity contribution in [1.29, 1.82) is 5.26 Å².